The minimum absolute atomic E-state index is 0.222. The molecular weight excluding hydrogens is 294 g/mol. The number of hydrogen-bond donors (Lipinski definition) is 2. The molecular formula is C15H23N7O. The van der Waals surface area contributed by atoms with Crippen LogP contribution in [-0.2, 0) is 6.54 Å². The Balaban J connectivity index is 1.49. The number of rotatable bonds is 6. The van der Waals surface area contributed by atoms with Crippen molar-refractivity contribution in [3.05, 3.63) is 30.6 Å². The molecule has 1 saturated heterocycles. The monoisotopic (exact) mass is 317 g/mol. The van der Waals surface area contributed by atoms with Crippen LogP contribution in [0.4, 0.5) is 0 Å². The minimum Gasteiger partial charge on any atom is -0.349 e. The summed E-state index contributed by atoms with van der Waals surface area (Å²) < 4.78 is 3.66. The van der Waals surface area contributed by atoms with Crippen molar-refractivity contribution in [3.8, 4) is 0 Å². The van der Waals surface area contributed by atoms with E-state index >= 15 is 0 Å². The van der Waals surface area contributed by atoms with Gasteiger partial charge in [-0.15, -0.1) is 5.10 Å². The third kappa shape index (κ3) is 4.16. The highest BCUT2D eigenvalue weighted by molar-refractivity contribution is 5.90. The second-order valence-corrected chi connectivity index (χ2v) is 6.09. The van der Waals surface area contributed by atoms with Crippen molar-refractivity contribution in [2.75, 3.05) is 19.6 Å². The van der Waals surface area contributed by atoms with Gasteiger partial charge in [0.05, 0.1) is 6.04 Å². The van der Waals surface area contributed by atoms with Gasteiger partial charge in [0.1, 0.15) is 6.33 Å². The average molecular weight is 317 g/mol. The number of amides is 1. The lowest BCUT2D eigenvalue weighted by Gasteiger charge is -2.22. The molecule has 2 N–H and O–H groups in total. The van der Waals surface area contributed by atoms with Gasteiger partial charge >= 0.3 is 0 Å². The van der Waals surface area contributed by atoms with Crippen molar-refractivity contribution in [1.82, 2.24) is 35.2 Å². The molecule has 0 aromatic carbocycles. The molecule has 23 heavy (non-hydrogen) atoms. The van der Waals surface area contributed by atoms with Crippen LogP contribution in [-0.4, -0.2) is 50.1 Å². The number of piperidine rings is 1. The molecule has 0 bridgehead atoms. The first-order valence-electron chi connectivity index (χ1n) is 8.10. The standard InChI is InChI=1S/C15H23N7O/c1-12(10-21-7-3-6-19-21)8-17-15(23)14-18-11-22(20-14)13-4-2-5-16-9-13/h3,6-7,11-13,16H,2,4-5,8-10H2,1H3,(H,17,23)/t12-,13+/m0/s1. The lowest BCUT2D eigenvalue weighted by Crippen LogP contribution is -2.33. The van der Waals surface area contributed by atoms with Crippen LogP contribution in [0.1, 0.15) is 36.4 Å². The fourth-order valence-electron chi connectivity index (χ4n) is 2.75. The summed E-state index contributed by atoms with van der Waals surface area (Å²) in [6.07, 6.45) is 7.51. The first-order chi connectivity index (χ1) is 11.2. The number of aromatic nitrogens is 5. The predicted molar refractivity (Wildman–Crippen MR) is 84.9 cm³/mol. The van der Waals surface area contributed by atoms with Crippen molar-refractivity contribution in [3.63, 3.8) is 0 Å². The SMILES string of the molecule is C[C@@H](CNC(=O)c1ncn([C@@H]2CCCNC2)n1)Cn1cccn1. The van der Waals surface area contributed by atoms with Crippen molar-refractivity contribution in [2.45, 2.75) is 32.4 Å². The molecule has 0 unspecified atom stereocenters. The van der Waals surface area contributed by atoms with Gasteiger partial charge in [0.15, 0.2) is 0 Å². The summed E-state index contributed by atoms with van der Waals surface area (Å²) in [6, 6.07) is 2.18. The Morgan fingerprint density at radius 2 is 2.48 bits per heavy atom. The number of nitrogens with zero attached hydrogens (tertiary/aromatic N) is 5. The molecule has 2 aromatic heterocycles. The summed E-state index contributed by atoms with van der Waals surface area (Å²) in [5, 5.41) is 14.7. The topological polar surface area (TPSA) is 89.7 Å². The largest absolute Gasteiger partial charge is 0.349 e. The molecule has 0 spiro atoms. The first-order valence-corrected chi connectivity index (χ1v) is 8.10. The molecule has 3 rings (SSSR count). The number of hydrogen-bond acceptors (Lipinski definition) is 5. The molecule has 8 nitrogen and oxygen atoms in total. The van der Waals surface area contributed by atoms with E-state index in [2.05, 4.69) is 32.7 Å². The van der Waals surface area contributed by atoms with E-state index in [-0.39, 0.29) is 23.7 Å². The van der Waals surface area contributed by atoms with Crippen LogP contribution in [0.25, 0.3) is 0 Å². The first kappa shape index (κ1) is 15.7. The summed E-state index contributed by atoms with van der Waals surface area (Å²) in [7, 11) is 0. The Hall–Kier alpha value is -2.22. The van der Waals surface area contributed by atoms with Gasteiger partial charge in [-0.1, -0.05) is 6.92 Å². The molecule has 1 fully saturated rings. The zero-order chi connectivity index (χ0) is 16.1. The molecule has 0 radical (unpaired) electrons. The lowest BCUT2D eigenvalue weighted by atomic mass is 10.1. The minimum atomic E-state index is -0.222. The van der Waals surface area contributed by atoms with Gasteiger partial charge in [-0.05, 0) is 31.4 Å². The quantitative estimate of drug-likeness (QED) is 0.808. The predicted octanol–water partition coefficient (Wildman–Crippen LogP) is 0.465. The summed E-state index contributed by atoms with van der Waals surface area (Å²) in [4.78, 5) is 16.3. The van der Waals surface area contributed by atoms with E-state index in [1.807, 2.05) is 16.9 Å². The summed E-state index contributed by atoms with van der Waals surface area (Å²) in [5.41, 5.74) is 0. The van der Waals surface area contributed by atoms with Crippen molar-refractivity contribution < 1.29 is 4.79 Å². The molecule has 124 valence electrons. The maximum absolute atomic E-state index is 12.2. The van der Waals surface area contributed by atoms with E-state index in [1.165, 1.54) is 0 Å². The smallest absolute Gasteiger partial charge is 0.290 e. The summed E-state index contributed by atoms with van der Waals surface area (Å²) >= 11 is 0. The maximum atomic E-state index is 12.2. The van der Waals surface area contributed by atoms with Gasteiger partial charge < -0.3 is 10.6 Å². The van der Waals surface area contributed by atoms with E-state index in [4.69, 9.17) is 0 Å². The molecule has 0 aliphatic carbocycles. The van der Waals surface area contributed by atoms with Crippen LogP contribution in [0.5, 0.6) is 0 Å². The van der Waals surface area contributed by atoms with Crippen LogP contribution >= 0.6 is 0 Å². The van der Waals surface area contributed by atoms with Crippen LogP contribution in [0.3, 0.4) is 0 Å². The molecule has 3 heterocycles. The fraction of sp³-hybridized carbons (Fsp3) is 0.600. The van der Waals surface area contributed by atoms with Crippen molar-refractivity contribution in [2.24, 2.45) is 5.92 Å². The Morgan fingerprint density at radius 1 is 1.57 bits per heavy atom. The van der Waals surface area contributed by atoms with E-state index in [9.17, 15) is 4.79 Å². The van der Waals surface area contributed by atoms with Crippen LogP contribution in [0, 0.1) is 5.92 Å². The van der Waals surface area contributed by atoms with E-state index in [1.54, 1.807) is 17.2 Å². The van der Waals surface area contributed by atoms with Gasteiger partial charge in [-0.3, -0.25) is 9.48 Å². The van der Waals surface area contributed by atoms with Gasteiger partial charge in [0, 0.05) is 32.0 Å². The highest BCUT2D eigenvalue weighted by atomic mass is 16.2. The molecule has 1 aliphatic rings. The number of nitrogens with one attached hydrogen (secondary N) is 2. The van der Waals surface area contributed by atoms with Gasteiger partial charge in [-0.2, -0.15) is 5.10 Å². The van der Waals surface area contributed by atoms with E-state index < -0.39 is 0 Å². The highest BCUT2D eigenvalue weighted by Crippen LogP contribution is 2.14. The third-order valence-electron chi connectivity index (χ3n) is 4.03. The zero-order valence-corrected chi connectivity index (χ0v) is 13.4. The van der Waals surface area contributed by atoms with Crippen LogP contribution in [0.15, 0.2) is 24.8 Å². The van der Waals surface area contributed by atoms with E-state index in [0.717, 1.165) is 32.5 Å². The molecule has 0 saturated carbocycles. The Labute approximate surface area is 135 Å². The van der Waals surface area contributed by atoms with Gasteiger partial charge in [0.25, 0.3) is 5.91 Å². The van der Waals surface area contributed by atoms with Crippen molar-refractivity contribution in [1.29, 1.82) is 0 Å². The molecule has 2 aromatic rings. The molecule has 1 aliphatic heterocycles. The molecule has 8 heteroatoms. The zero-order valence-electron chi connectivity index (χ0n) is 13.4. The van der Waals surface area contributed by atoms with Crippen LogP contribution in [0.2, 0.25) is 0 Å². The van der Waals surface area contributed by atoms with Crippen molar-refractivity contribution >= 4 is 5.91 Å². The third-order valence-corrected chi connectivity index (χ3v) is 4.03. The molecule has 1 amide bonds. The number of carbonyl (C=O) groups excluding carboxylic acids is 1. The Morgan fingerprint density at radius 3 is 3.22 bits per heavy atom. The van der Waals surface area contributed by atoms with Gasteiger partial charge in [0.2, 0.25) is 5.82 Å². The lowest BCUT2D eigenvalue weighted by molar-refractivity contribution is 0.0935. The second kappa shape index (κ2) is 7.36. The second-order valence-electron chi connectivity index (χ2n) is 6.09. The Bertz CT molecular complexity index is 616. The number of carbonyl (C=O) groups is 1. The van der Waals surface area contributed by atoms with Crippen LogP contribution < -0.4 is 10.6 Å². The molecule has 2 atom stereocenters. The summed E-state index contributed by atoms with van der Waals surface area (Å²) in [6.45, 7) is 5.33. The normalized spacial score (nSPS) is 19.4. The summed E-state index contributed by atoms with van der Waals surface area (Å²) in [5.74, 6) is 0.296. The maximum Gasteiger partial charge on any atom is 0.290 e. The Kier molecular flexibility index (Phi) is 5.02. The highest BCUT2D eigenvalue weighted by Gasteiger charge is 2.19. The van der Waals surface area contributed by atoms with E-state index in [0.29, 0.717) is 6.54 Å². The van der Waals surface area contributed by atoms with Gasteiger partial charge in [-0.25, -0.2) is 9.67 Å². The fourth-order valence-corrected chi connectivity index (χ4v) is 2.75. The average Bonchev–Trinajstić information content (AvgIpc) is 3.25.